The summed E-state index contributed by atoms with van der Waals surface area (Å²) in [7, 11) is 0. The van der Waals surface area contributed by atoms with Gasteiger partial charge in [-0.15, -0.1) is 0 Å². The standard InChI is InChI=1S/C24H40O6/c1-3-5-7-13-19-21(29-19)15-27-23(25)17-11-9-10-12-18(17)24(26)28-16-22-20(30-22)14-8-6-4-2/h17-22H,3-16H2,1-2H3. The monoisotopic (exact) mass is 424 g/mol. The van der Waals surface area contributed by atoms with Crippen LogP contribution in [0.4, 0.5) is 0 Å². The van der Waals surface area contributed by atoms with E-state index < -0.39 is 0 Å². The lowest BCUT2D eigenvalue weighted by Crippen LogP contribution is -2.36. The first-order valence-corrected chi connectivity index (χ1v) is 12.3. The normalized spacial score (nSPS) is 32.5. The number of hydrogen-bond donors (Lipinski definition) is 0. The Morgan fingerprint density at radius 2 is 1.13 bits per heavy atom. The summed E-state index contributed by atoms with van der Waals surface area (Å²) in [5.74, 6) is -1.30. The highest BCUT2D eigenvalue weighted by atomic mass is 16.6. The molecule has 0 bridgehead atoms. The van der Waals surface area contributed by atoms with Gasteiger partial charge in [0, 0.05) is 0 Å². The van der Waals surface area contributed by atoms with Crippen LogP contribution < -0.4 is 0 Å². The number of esters is 2. The second-order valence-corrected chi connectivity index (χ2v) is 9.18. The van der Waals surface area contributed by atoms with Crippen molar-refractivity contribution < 1.29 is 28.5 Å². The second-order valence-electron chi connectivity index (χ2n) is 9.18. The Morgan fingerprint density at radius 1 is 0.700 bits per heavy atom. The summed E-state index contributed by atoms with van der Waals surface area (Å²) in [6.07, 6.45) is 13.1. The van der Waals surface area contributed by atoms with E-state index in [4.69, 9.17) is 18.9 Å². The molecule has 3 fully saturated rings. The third-order valence-electron chi connectivity index (χ3n) is 6.71. The minimum Gasteiger partial charge on any atom is -0.463 e. The third-order valence-corrected chi connectivity index (χ3v) is 6.71. The lowest BCUT2D eigenvalue weighted by atomic mass is 9.79. The summed E-state index contributed by atoms with van der Waals surface area (Å²) < 4.78 is 22.3. The van der Waals surface area contributed by atoms with Crippen molar-refractivity contribution in [3.05, 3.63) is 0 Å². The molecule has 2 aliphatic heterocycles. The summed E-state index contributed by atoms with van der Waals surface area (Å²) >= 11 is 0. The zero-order chi connectivity index (χ0) is 21.3. The van der Waals surface area contributed by atoms with Gasteiger partial charge in [-0.2, -0.15) is 0 Å². The molecule has 2 heterocycles. The van der Waals surface area contributed by atoms with Gasteiger partial charge in [0.15, 0.2) is 0 Å². The zero-order valence-electron chi connectivity index (χ0n) is 18.8. The van der Waals surface area contributed by atoms with Gasteiger partial charge in [-0.05, 0) is 25.7 Å². The molecule has 1 aliphatic carbocycles. The van der Waals surface area contributed by atoms with Crippen molar-refractivity contribution in [3.63, 3.8) is 0 Å². The maximum atomic E-state index is 12.7. The van der Waals surface area contributed by atoms with E-state index >= 15 is 0 Å². The van der Waals surface area contributed by atoms with E-state index in [1.54, 1.807) is 0 Å². The molecule has 6 nitrogen and oxygen atoms in total. The van der Waals surface area contributed by atoms with Gasteiger partial charge >= 0.3 is 11.9 Å². The Morgan fingerprint density at radius 3 is 1.53 bits per heavy atom. The van der Waals surface area contributed by atoms with Crippen LogP contribution in [0, 0.1) is 11.8 Å². The second kappa shape index (κ2) is 12.0. The fourth-order valence-electron chi connectivity index (χ4n) is 4.59. The van der Waals surface area contributed by atoms with E-state index in [0.29, 0.717) is 26.1 Å². The topological polar surface area (TPSA) is 77.7 Å². The molecule has 6 unspecified atom stereocenters. The highest BCUT2D eigenvalue weighted by Crippen LogP contribution is 2.34. The Labute approximate surface area is 181 Å². The van der Waals surface area contributed by atoms with Crippen LogP contribution >= 0.6 is 0 Å². The van der Waals surface area contributed by atoms with Gasteiger partial charge in [-0.25, -0.2) is 0 Å². The molecule has 172 valence electrons. The van der Waals surface area contributed by atoms with Crippen molar-refractivity contribution in [2.45, 2.75) is 115 Å². The molecule has 0 radical (unpaired) electrons. The molecule has 6 atom stereocenters. The molecule has 0 aromatic heterocycles. The lowest BCUT2D eigenvalue weighted by molar-refractivity contribution is -0.163. The minimum absolute atomic E-state index is 0.0384. The van der Waals surface area contributed by atoms with Crippen molar-refractivity contribution in [3.8, 4) is 0 Å². The summed E-state index contributed by atoms with van der Waals surface area (Å²) in [6.45, 7) is 4.98. The molecule has 0 spiro atoms. The number of unbranched alkanes of at least 4 members (excludes halogenated alkanes) is 4. The van der Waals surface area contributed by atoms with Gasteiger partial charge in [0.25, 0.3) is 0 Å². The number of epoxide rings is 2. The Balaban J connectivity index is 1.35. The average molecular weight is 425 g/mol. The van der Waals surface area contributed by atoms with Crippen LogP contribution in [0.25, 0.3) is 0 Å². The maximum Gasteiger partial charge on any atom is 0.309 e. The summed E-state index contributed by atoms with van der Waals surface area (Å²) in [6, 6.07) is 0. The van der Waals surface area contributed by atoms with Crippen molar-refractivity contribution in [1.82, 2.24) is 0 Å². The first-order valence-electron chi connectivity index (χ1n) is 12.3. The summed E-state index contributed by atoms with van der Waals surface area (Å²) in [4.78, 5) is 25.3. The van der Waals surface area contributed by atoms with Crippen LogP contribution in [-0.2, 0) is 28.5 Å². The average Bonchev–Trinajstić information content (AvgIpc) is 3.68. The van der Waals surface area contributed by atoms with Gasteiger partial charge in [-0.1, -0.05) is 65.2 Å². The molecule has 3 aliphatic rings. The van der Waals surface area contributed by atoms with E-state index in [1.807, 2.05) is 0 Å². The van der Waals surface area contributed by atoms with Crippen LogP contribution in [-0.4, -0.2) is 49.6 Å². The molecule has 0 aromatic carbocycles. The van der Waals surface area contributed by atoms with Gasteiger partial charge in [0.2, 0.25) is 0 Å². The van der Waals surface area contributed by atoms with Crippen molar-refractivity contribution in [2.75, 3.05) is 13.2 Å². The SMILES string of the molecule is CCCCCC1OC1COC(=O)C1CCCCC1C(=O)OCC1OC1CCCCC. The van der Waals surface area contributed by atoms with Crippen molar-refractivity contribution >= 4 is 11.9 Å². The molecule has 6 heteroatoms. The molecular weight excluding hydrogens is 384 g/mol. The molecule has 0 amide bonds. The van der Waals surface area contributed by atoms with E-state index in [1.165, 1.54) is 25.7 Å². The molecular formula is C24H40O6. The molecule has 0 N–H and O–H groups in total. The Kier molecular flexibility index (Phi) is 9.44. The van der Waals surface area contributed by atoms with Crippen LogP contribution in [0.3, 0.4) is 0 Å². The van der Waals surface area contributed by atoms with Crippen LogP contribution in [0.15, 0.2) is 0 Å². The van der Waals surface area contributed by atoms with Gasteiger partial charge < -0.3 is 18.9 Å². The van der Waals surface area contributed by atoms with Crippen LogP contribution in [0.5, 0.6) is 0 Å². The van der Waals surface area contributed by atoms with Crippen LogP contribution in [0.1, 0.15) is 90.9 Å². The van der Waals surface area contributed by atoms with E-state index in [-0.39, 0.29) is 48.2 Å². The number of rotatable bonds is 14. The molecule has 0 aromatic rings. The first kappa shape index (κ1) is 23.5. The maximum absolute atomic E-state index is 12.7. The van der Waals surface area contributed by atoms with E-state index in [9.17, 15) is 9.59 Å². The number of carbonyl (C=O) groups excluding carboxylic acids is 2. The molecule has 1 saturated carbocycles. The summed E-state index contributed by atoms with van der Waals surface area (Å²) in [5.41, 5.74) is 0. The predicted molar refractivity (Wildman–Crippen MR) is 113 cm³/mol. The highest BCUT2D eigenvalue weighted by Gasteiger charge is 2.43. The quantitative estimate of drug-likeness (QED) is 0.231. The third kappa shape index (κ3) is 7.23. The summed E-state index contributed by atoms with van der Waals surface area (Å²) in [5, 5.41) is 0. The fourth-order valence-corrected chi connectivity index (χ4v) is 4.59. The minimum atomic E-state index is -0.385. The van der Waals surface area contributed by atoms with E-state index in [2.05, 4.69) is 13.8 Å². The van der Waals surface area contributed by atoms with Crippen molar-refractivity contribution in [2.24, 2.45) is 11.8 Å². The first-order chi connectivity index (χ1) is 14.6. The van der Waals surface area contributed by atoms with Gasteiger partial charge in [0.05, 0.1) is 24.0 Å². The largest absolute Gasteiger partial charge is 0.463 e. The molecule has 3 rings (SSSR count). The molecule has 2 saturated heterocycles. The Hall–Kier alpha value is -1.14. The lowest BCUT2D eigenvalue weighted by Gasteiger charge is -2.28. The highest BCUT2D eigenvalue weighted by molar-refractivity contribution is 5.82. The van der Waals surface area contributed by atoms with Crippen molar-refractivity contribution in [1.29, 1.82) is 0 Å². The van der Waals surface area contributed by atoms with Crippen LogP contribution in [0.2, 0.25) is 0 Å². The van der Waals surface area contributed by atoms with Gasteiger partial charge in [0.1, 0.15) is 25.4 Å². The smallest absolute Gasteiger partial charge is 0.309 e. The predicted octanol–water partition coefficient (Wildman–Crippen LogP) is 4.57. The zero-order valence-corrected chi connectivity index (χ0v) is 18.8. The van der Waals surface area contributed by atoms with E-state index in [0.717, 1.165) is 38.5 Å². The fraction of sp³-hybridized carbons (Fsp3) is 0.917. The molecule has 30 heavy (non-hydrogen) atoms. The van der Waals surface area contributed by atoms with Gasteiger partial charge in [-0.3, -0.25) is 9.59 Å². The number of ether oxygens (including phenoxy) is 4. The Bertz CT molecular complexity index is 502. The number of carbonyl (C=O) groups is 2. The number of hydrogen-bond acceptors (Lipinski definition) is 6.